The molecule has 1 aromatic heterocycles. The molecule has 2 aliphatic carbocycles. The molecule has 0 saturated carbocycles. The second-order valence-corrected chi connectivity index (χ2v) is 13.0. The third-order valence-electron chi connectivity index (χ3n) is 10.4. The number of nitriles is 2. The van der Waals surface area contributed by atoms with Crippen molar-refractivity contribution in [2.45, 2.75) is 5.41 Å². The summed E-state index contributed by atoms with van der Waals surface area (Å²) < 4.78 is 0. The van der Waals surface area contributed by atoms with Gasteiger partial charge in [0.05, 0.1) is 16.5 Å². The molecule has 5 nitrogen and oxygen atoms in total. The van der Waals surface area contributed by atoms with Crippen molar-refractivity contribution >= 4 is 10.8 Å². The van der Waals surface area contributed by atoms with Crippen LogP contribution in [-0.4, -0.2) is 15.0 Å². The van der Waals surface area contributed by atoms with Crippen molar-refractivity contribution in [3.8, 4) is 68.6 Å². The average molecular weight is 648 g/mol. The Balaban J connectivity index is 1.27. The van der Waals surface area contributed by atoms with Crippen LogP contribution in [0, 0.1) is 22.7 Å². The minimum Gasteiger partial charge on any atom is -0.208 e. The highest BCUT2D eigenvalue weighted by Crippen LogP contribution is 2.63. The Kier molecular flexibility index (Phi) is 6.15. The molecule has 1 unspecified atom stereocenters. The lowest BCUT2D eigenvalue weighted by molar-refractivity contribution is 0.795. The van der Waals surface area contributed by atoms with Gasteiger partial charge in [0.1, 0.15) is 12.1 Å². The van der Waals surface area contributed by atoms with Crippen molar-refractivity contribution in [2.24, 2.45) is 0 Å². The summed E-state index contributed by atoms with van der Waals surface area (Å²) in [6, 6.07) is 56.5. The Morgan fingerprint density at radius 1 is 0.373 bits per heavy atom. The molecule has 234 valence electrons. The van der Waals surface area contributed by atoms with E-state index in [9.17, 15) is 10.5 Å². The van der Waals surface area contributed by atoms with Crippen molar-refractivity contribution in [3.63, 3.8) is 0 Å². The third kappa shape index (κ3) is 4.10. The van der Waals surface area contributed by atoms with Crippen LogP contribution < -0.4 is 0 Å². The molecule has 5 heteroatoms. The number of fused-ring (bicyclic) bond motifs is 11. The van der Waals surface area contributed by atoms with Crippen LogP contribution in [0.1, 0.15) is 33.4 Å². The average Bonchev–Trinajstić information content (AvgIpc) is 3.66. The zero-order valence-electron chi connectivity index (χ0n) is 27.2. The monoisotopic (exact) mass is 647 g/mol. The summed E-state index contributed by atoms with van der Waals surface area (Å²) in [7, 11) is 0. The quantitative estimate of drug-likeness (QED) is 0.190. The molecule has 8 aromatic rings. The molecular formula is C46H25N5. The molecule has 0 saturated heterocycles. The van der Waals surface area contributed by atoms with Crippen molar-refractivity contribution in [3.05, 3.63) is 185 Å². The first-order chi connectivity index (χ1) is 25.2. The van der Waals surface area contributed by atoms with Crippen molar-refractivity contribution in [2.75, 3.05) is 0 Å². The van der Waals surface area contributed by atoms with Gasteiger partial charge in [-0.3, -0.25) is 0 Å². The molecule has 0 N–H and O–H groups in total. The van der Waals surface area contributed by atoms with E-state index >= 15 is 0 Å². The lowest BCUT2D eigenvalue weighted by Crippen LogP contribution is -2.26. The first kappa shape index (κ1) is 28.8. The fourth-order valence-electron chi connectivity index (χ4n) is 8.19. The molecule has 0 fully saturated rings. The highest BCUT2D eigenvalue weighted by molar-refractivity contribution is 6.01. The maximum absolute atomic E-state index is 9.92. The van der Waals surface area contributed by atoms with Gasteiger partial charge in [0.15, 0.2) is 17.5 Å². The second kappa shape index (κ2) is 10.9. The lowest BCUT2D eigenvalue weighted by atomic mass is 9.70. The zero-order chi connectivity index (χ0) is 34.1. The van der Waals surface area contributed by atoms with Gasteiger partial charge in [-0.15, -0.1) is 0 Å². The molecule has 2 aliphatic rings. The van der Waals surface area contributed by atoms with Crippen LogP contribution in [0.5, 0.6) is 0 Å². The molecule has 1 atom stereocenters. The Hall–Kier alpha value is -7.21. The first-order valence-electron chi connectivity index (χ1n) is 16.8. The summed E-state index contributed by atoms with van der Waals surface area (Å²) in [5.41, 5.74) is 12.2. The Morgan fingerprint density at radius 3 is 1.39 bits per heavy atom. The van der Waals surface area contributed by atoms with Crippen molar-refractivity contribution in [1.29, 1.82) is 10.5 Å². The topological polar surface area (TPSA) is 86.2 Å². The molecule has 51 heavy (non-hydrogen) atoms. The standard InChI is InChI=1S/C46H25N5/c47-26-33-21-31-23-38-36-16-8-10-18-40(36)46(42(38)25-32(31)22-34(33)27-48)39-17-9-7-15-35(39)37-20-19-30(24-41(37)46)45-50-43(28-11-3-1-4-12-28)49-44(51-45)29-13-5-2-6-14-29/h1-25H. The van der Waals surface area contributed by atoms with E-state index in [0.717, 1.165) is 55.3 Å². The maximum Gasteiger partial charge on any atom is 0.164 e. The molecule has 10 rings (SSSR count). The largest absolute Gasteiger partial charge is 0.208 e. The fraction of sp³-hybridized carbons (Fsp3) is 0.0217. The highest BCUT2D eigenvalue weighted by Gasteiger charge is 2.51. The number of nitrogens with zero attached hydrogens (tertiary/aromatic N) is 5. The smallest absolute Gasteiger partial charge is 0.164 e. The summed E-state index contributed by atoms with van der Waals surface area (Å²) in [6.07, 6.45) is 0. The van der Waals surface area contributed by atoms with E-state index < -0.39 is 5.41 Å². The van der Waals surface area contributed by atoms with E-state index in [0.29, 0.717) is 28.6 Å². The summed E-state index contributed by atoms with van der Waals surface area (Å²) in [5.74, 6) is 1.83. The van der Waals surface area contributed by atoms with E-state index in [2.05, 4.69) is 91.0 Å². The summed E-state index contributed by atoms with van der Waals surface area (Å²) >= 11 is 0. The number of hydrogen-bond donors (Lipinski definition) is 0. The summed E-state index contributed by atoms with van der Waals surface area (Å²) in [6.45, 7) is 0. The molecule has 0 radical (unpaired) electrons. The minimum atomic E-state index is -0.625. The maximum atomic E-state index is 9.92. The van der Waals surface area contributed by atoms with Crippen LogP contribution in [0.3, 0.4) is 0 Å². The summed E-state index contributed by atoms with van der Waals surface area (Å²) in [5, 5.41) is 21.6. The predicted molar refractivity (Wildman–Crippen MR) is 199 cm³/mol. The summed E-state index contributed by atoms with van der Waals surface area (Å²) in [4.78, 5) is 15.1. The minimum absolute atomic E-state index is 0.377. The van der Waals surface area contributed by atoms with Gasteiger partial charge in [-0.2, -0.15) is 10.5 Å². The van der Waals surface area contributed by atoms with Crippen LogP contribution in [-0.2, 0) is 5.41 Å². The molecule has 0 aliphatic heterocycles. The van der Waals surface area contributed by atoms with Gasteiger partial charge < -0.3 is 0 Å². The first-order valence-corrected chi connectivity index (χ1v) is 16.8. The number of rotatable bonds is 3. The predicted octanol–water partition coefficient (Wildman–Crippen LogP) is 10.1. The number of aromatic nitrogens is 3. The van der Waals surface area contributed by atoms with E-state index in [1.807, 2.05) is 72.8 Å². The zero-order valence-corrected chi connectivity index (χ0v) is 27.2. The van der Waals surface area contributed by atoms with E-state index in [-0.39, 0.29) is 0 Å². The van der Waals surface area contributed by atoms with Gasteiger partial charge in [-0.1, -0.05) is 121 Å². The van der Waals surface area contributed by atoms with Crippen LogP contribution in [0.2, 0.25) is 0 Å². The number of hydrogen-bond acceptors (Lipinski definition) is 5. The molecule has 1 heterocycles. The van der Waals surface area contributed by atoms with Crippen molar-refractivity contribution < 1.29 is 0 Å². The van der Waals surface area contributed by atoms with Gasteiger partial charge in [-0.05, 0) is 85.6 Å². The molecule has 0 bridgehead atoms. The van der Waals surface area contributed by atoms with Gasteiger partial charge in [0.2, 0.25) is 0 Å². The molecule has 0 amide bonds. The molecular weight excluding hydrogens is 623 g/mol. The van der Waals surface area contributed by atoms with Gasteiger partial charge in [-0.25, -0.2) is 15.0 Å². The van der Waals surface area contributed by atoms with Crippen LogP contribution in [0.4, 0.5) is 0 Å². The molecule has 1 spiro atoms. The second-order valence-electron chi connectivity index (χ2n) is 13.0. The normalized spacial score (nSPS) is 14.7. The fourth-order valence-corrected chi connectivity index (χ4v) is 8.19. The van der Waals surface area contributed by atoms with Gasteiger partial charge in [0.25, 0.3) is 0 Å². The number of benzene rings is 7. The van der Waals surface area contributed by atoms with Gasteiger partial charge in [0, 0.05) is 16.7 Å². The Labute approximate surface area is 294 Å². The SMILES string of the molecule is N#Cc1cc2cc3c(cc2cc1C#N)C1(c2ccccc2-c2ccc(-c4nc(-c5ccccc5)nc(-c5ccccc5)n4)cc21)c1ccccc1-3. The van der Waals surface area contributed by atoms with Crippen molar-refractivity contribution in [1.82, 2.24) is 15.0 Å². The van der Waals surface area contributed by atoms with E-state index in [1.165, 1.54) is 16.7 Å². The Bertz CT molecular complexity index is 2770. The van der Waals surface area contributed by atoms with Crippen LogP contribution in [0.15, 0.2) is 152 Å². The lowest BCUT2D eigenvalue weighted by Gasteiger charge is -2.31. The van der Waals surface area contributed by atoms with E-state index in [1.54, 1.807) is 0 Å². The van der Waals surface area contributed by atoms with E-state index in [4.69, 9.17) is 15.0 Å². The van der Waals surface area contributed by atoms with Crippen LogP contribution in [0.25, 0.3) is 67.2 Å². The molecule has 7 aromatic carbocycles. The third-order valence-corrected chi connectivity index (χ3v) is 10.4. The van der Waals surface area contributed by atoms with Crippen LogP contribution >= 0.6 is 0 Å². The highest BCUT2D eigenvalue weighted by atomic mass is 15.0. The Morgan fingerprint density at radius 2 is 0.824 bits per heavy atom. The van der Waals surface area contributed by atoms with Gasteiger partial charge >= 0.3 is 0 Å².